The first kappa shape index (κ1) is 16.9. The Hall–Kier alpha value is -3.55. The predicted molar refractivity (Wildman–Crippen MR) is 100 cm³/mol. The molecule has 8 heteroatoms. The fraction of sp³-hybridized carbons (Fsp3) is 0.211. The topological polar surface area (TPSA) is 86.7 Å². The minimum atomic E-state index is 0.486. The molecule has 1 N–H and O–H groups in total. The smallest absolute Gasteiger partial charge is 0.254 e. The first-order chi connectivity index (χ1) is 13.2. The molecular weight excluding hydrogens is 346 g/mol. The van der Waals surface area contributed by atoms with Gasteiger partial charge in [0.05, 0.1) is 20.5 Å². The van der Waals surface area contributed by atoms with Crippen LogP contribution in [0.1, 0.15) is 11.3 Å². The Morgan fingerprint density at radius 1 is 1.11 bits per heavy atom. The number of nitrogens with one attached hydrogen (secondary N) is 1. The molecule has 8 nitrogen and oxygen atoms in total. The Kier molecular flexibility index (Phi) is 4.37. The van der Waals surface area contributed by atoms with Crippen LogP contribution in [-0.2, 0) is 6.54 Å². The zero-order chi connectivity index (χ0) is 18.8. The maximum absolute atomic E-state index is 5.44. The number of methoxy groups -OCH3 is 2. The molecule has 0 unspecified atom stereocenters. The first-order valence-corrected chi connectivity index (χ1v) is 8.41. The van der Waals surface area contributed by atoms with Gasteiger partial charge in [0.25, 0.3) is 5.78 Å². The van der Waals surface area contributed by atoms with E-state index < -0.39 is 0 Å². The van der Waals surface area contributed by atoms with Crippen molar-refractivity contribution in [2.75, 3.05) is 19.5 Å². The van der Waals surface area contributed by atoms with Gasteiger partial charge in [-0.25, -0.2) is 4.98 Å². The Labute approximate surface area is 155 Å². The molecule has 138 valence electrons. The molecule has 0 bridgehead atoms. The van der Waals surface area contributed by atoms with Gasteiger partial charge in [0.1, 0.15) is 17.3 Å². The van der Waals surface area contributed by atoms with Crippen molar-refractivity contribution in [1.29, 1.82) is 0 Å². The zero-order valence-corrected chi connectivity index (χ0v) is 15.3. The number of nitrogens with zero attached hydrogens (tertiary/aromatic N) is 4. The number of furan rings is 1. The van der Waals surface area contributed by atoms with E-state index in [1.165, 1.54) is 0 Å². The highest BCUT2D eigenvalue weighted by Crippen LogP contribution is 2.25. The molecule has 4 aromatic rings. The third kappa shape index (κ3) is 3.29. The average molecular weight is 365 g/mol. The van der Waals surface area contributed by atoms with Crippen LogP contribution in [-0.4, -0.2) is 33.8 Å². The first-order valence-electron chi connectivity index (χ1n) is 8.41. The van der Waals surface area contributed by atoms with E-state index in [-0.39, 0.29) is 0 Å². The molecular formula is C19H19N5O3. The summed E-state index contributed by atoms with van der Waals surface area (Å²) >= 11 is 0. The van der Waals surface area contributed by atoms with Crippen LogP contribution in [0.15, 0.2) is 47.1 Å². The molecule has 0 saturated heterocycles. The summed E-state index contributed by atoms with van der Waals surface area (Å²) < 4.78 is 17.8. The van der Waals surface area contributed by atoms with Crippen LogP contribution in [0.5, 0.6) is 11.5 Å². The Bertz CT molecular complexity index is 1070. The molecule has 4 rings (SSSR count). The van der Waals surface area contributed by atoms with Crippen LogP contribution in [0.25, 0.3) is 17.4 Å². The fourth-order valence-corrected chi connectivity index (χ4v) is 2.83. The van der Waals surface area contributed by atoms with E-state index in [1.54, 1.807) is 31.1 Å². The average Bonchev–Trinajstić information content (AvgIpc) is 3.35. The third-order valence-corrected chi connectivity index (χ3v) is 4.13. The number of aryl methyl sites for hydroxylation is 1. The number of anilines is 1. The summed E-state index contributed by atoms with van der Waals surface area (Å²) in [5.41, 5.74) is 1.80. The molecule has 27 heavy (non-hydrogen) atoms. The number of hydrogen-bond acceptors (Lipinski definition) is 7. The van der Waals surface area contributed by atoms with Crippen molar-refractivity contribution in [2.24, 2.45) is 0 Å². The third-order valence-electron chi connectivity index (χ3n) is 4.13. The van der Waals surface area contributed by atoms with Gasteiger partial charge < -0.3 is 19.2 Å². The summed E-state index contributed by atoms with van der Waals surface area (Å²) in [4.78, 5) is 8.90. The number of rotatable bonds is 6. The Morgan fingerprint density at radius 3 is 2.74 bits per heavy atom. The van der Waals surface area contributed by atoms with Crippen LogP contribution < -0.4 is 14.8 Å². The number of hydrogen-bond donors (Lipinski definition) is 1. The van der Waals surface area contributed by atoms with Crippen molar-refractivity contribution in [3.05, 3.63) is 53.9 Å². The summed E-state index contributed by atoms with van der Waals surface area (Å²) in [6.45, 7) is 2.44. The number of ether oxygens (including phenoxy) is 2. The predicted octanol–water partition coefficient (Wildman–Crippen LogP) is 3.32. The molecule has 0 spiro atoms. The lowest BCUT2D eigenvalue weighted by atomic mass is 10.2. The van der Waals surface area contributed by atoms with Crippen LogP contribution in [0, 0.1) is 6.92 Å². The number of fused-ring (bicyclic) bond motifs is 1. The summed E-state index contributed by atoms with van der Waals surface area (Å²) in [5.74, 6) is 3.90. The summed E-state index contributed by atoms with van der Waals surface area (Å²) in [7, 11) is 3.29. The molecule has 3 aromatic heterocycles. The van der Waals surface area contributed by atoms with Crippen LogP contribution in [0.4, 0.5) is 5.82 Å². The van der Waals surface area contributed by atoms with E-state index in [2.05, 4.69) is 20.4 Å². The monoisotopic (exact) mass is 365 g/mol. The van der Waals surface area contributed by atoms with Gasteiger partial charge >= 0.3 is 0 Å². The van der Waals surface area contributed by atoms with E-state index >= 15 is 0 Å². The maximum atomic E-state index is 5.44. The van der Waals surface area contributed by atoms with Crippen molar-refractivity contribution in [1.82, 2.24) is 19.6 Å². The van der Waals surface area contributed by atoms with E-state index in [9.17, 15) is 0 Å². The molecule has 0 radical (unpaired) electrons. The van der Waals surface area contributed by atoms with E-state index in [4.69, 9.17) is 13.9 Å². The van der Waals surface area contributed by atoms with Gasteiger partial charge in [0.2, 0.25) is 5.82 Å². The number of benzene rings is 1. The van der Waals surface area contributed by atoms with Gasteiger partial charge in [0.15, 0.2) is 5.76 Å². The second kappa shape index (κ2) is 6.99. The van der Waals surface area contributed by atoms with Crippen molar-refractivity contribution < 1.29 is 13.9 Å². The lowest BCUT2D eigenvalue weighted by molar-refractivity contribution is 0.399. The second-order valence-electron chi connectivity index (χ2n) is 5.94. The summed E-state index contributed by atoms with van der Waals surface area (Å²) in [5, 5.41) is 7.90. The van der Waals surface area contributed by atoms with Gasteiger partial charge in [-0.2, -0.15) is 9.50 Å². The number of aromatic nitrogens is 4. The zero-order valence-electron chi connectivity index (χ0n) is 15.3. The Morgan fingerprint density at radius 2 is 2.00 bits per heavy atom. The molecule has 0 amide bonds. The quantitative estimate of drug-likeness (QED) is 0.561. The minimum Gasteiger partial charge on any atom is -0.497 e. The van der Waals surface area contributed by atoms with Gasteiger partial charge in [-0.1, -0.05) is 0 Å². The van der Waals surface area contributed by atoms with Crippen molar-refractivity contribution in [3.8, 4) is 23.1 Å². The van der Waals surface area contributed by atoms with E-state index in [1.807, 2.05) is 37.3 Å². The Balaban J connectivity index is 1.68. The van der Waals surface area contributed by atoms with Gasteiger partial charge in [0, 0.05) is 23.9 Å². The molecule has 3 heterocycles. The largest absolute Gasteiger partial charge is 0.497 e. The molecule has 1 aromatic carbocycles. The molecule has 0 aliphatic heterocycles. The molecule has 0 atom stereocenters. The van der Waals surface area contributed by atoms with Crippen molar-refractivity contribution in [3.63, 3.8) is 0 Å². The molecule has 0 aliphatic carbocycles. The van der Waals surface area contributed by atoms with Crippen LogP contribution in [0.3, 0.4) is 0 Å². The fourth-order valence-electron chi connectivity index (χ4n) is 2.83. The molecule has 0 aliphatic rings. The highest BCUT2D eigenvalue weighted by molar-refractivity contribution is 5.54. The molecule has 0 fully saturated rings. The van der Waals surface area contributed by atoms with Gasteiger partial charge in [-0.3, -0.25) is 0 Å². The van der Waals surface area contributed by atoms with Crippen LogP contribution in [0.2, 0.25) is 0 Å². The second-order valence-corrected chi connectivity index (χ2v) is 5.94. The standard InChI is InChI=1S/C19H19N5O3/c1-12-9-17(20-11-13-10-14(25-2)6-7-15(13)26-3)24-19(21-12)22-18(23-24)16-5-4-8-27-16/h4-10,20H,11H2,1-3H3. The van der Waals surface area contributed by atoms with Gasteiger partial charge in [-0.05, 0) is 37.3 Å². The van der Waals surface area contributed by atoms with Crippen LogP contribution >= 0.6 is 0 Å². The highest BCUT2D eigenvalue weighted by Gasteiger charge is 2.14. The van der Waals surface area contributed by atoms with E-state index in [0.29, 0.717) is 23.9 Å². The van der Waals surface area contributed by atoms with Gasteiger partial charge in [-0.15, -0.1) is 5.10 Å². The highest BCUT2D eigenvalue weighted by atomic mass is 16.5. The minimum absolute atomic E-state index is 0.486. The van der Waals surface area contributed by atoms with Crippen molar-refractivity contribution in [2.45, 2.75) is 13.5 Å². The lowest BCUT2D eigenvalue weighted by Gasteiger charge is -2.13. The normalized spacial score (nSPS) is 10.9. The summed E-state index contributed by atoms with van der Waals surface area (Å²) in [6.07, 6.45) is 1.59. The SMILES string of the molecule is COc1ccc(OC)c(CNc2cc(C)nc3nc(-c4ccco4)nn23)c1. The lowest BCUT2D eigenvalue weighted by Crippen LogP contribution is -2.08. The maximum Gasteiger partial charge on any atom is 0.254 e. The van der Waals surface area contributed by atoms with Crippen molar-refractivity contribution >= 4 is 11.6 Å². The molecule has 0 saturated carbocycles. The summed E-state index contributed by atoms with van der Waals surface area (Å²) in [6, 6.07) is 11.2. The van der Waals surface area contributed by atoms with E-state index in [0.717, 1.165) is 28.6 Å².